The van der Waals surface area contributed by atoms with E-state index in [1.807, 2.05) is 24.3 Å². The lowest BCUT2D eigenvalue weighted by molar-refractivity contribution is 0.414. The van der Waals surface area contributed by atoms with Crippen molar-refractivity contribution in [3.63, 3.8) is 0 Å². The first-order valence-corrected chi connectivity index (χ1v) is 4.86. The van der Waals surface area contributed by atoms with Gasteiger partial charge in [0.1, 0.15) is 11.6 Å². The first-order valence-electron chi connectivity index (χ1n) is 4.86. The quantitative estimate of drug-likeness (QED) is 0.663. The Kier molecular flexibility index (Phi) is 2.54. The van der Waals surface area contributed by atoms with Gasteiger partial charge in [-0.15, -0.1) is 0 Å². The van der Waals surface area contributed by atoms with Gasteiger partial charge in [-0.3, -0.25) is 5.73 Å². The monoisotopic (exact) mass is 218 g/mol. The highest BCUT2D eigenvalue weighted by molar-refractivity contribution is 5.61. The molecule has 1 aliphatic heterocycles. The van der Waals surface area contributed by atoms with Crippen molar-refractivity contribution in [2.45, 2.75) is 5.66 Å². The Hall–Kier alpha value is -2.01. The molecule has 5 nitrogen and oxygen atoms in total. The zero-order valence-electron chi connectivity index (χ0n) is 8.97. The molecule has 5 heteroatoms. The van der Waals surface area contributed by atoms with Gasteiger partial charge in [0.2, 0.25) is 0 Å². The molecule has 84 valence electrons. The third kappa shape index (κ3) is 1.85. The molecule has 1 aromatic carbocycles. The summed E-state index contributed by atoms with van der Waals surface area (Å²) >= 11 is 0. The predicted octanol–water partition coefficient (Wildman–Crippen LogP) is 0.238. The second-order valence-corrected chi connectivity index (χ2v) is 3.56. The SMILES string of the molecule is COc1ccc(C2(N)C=C(N)NC=N2)cc1. The third-order valence-corrected chi connectivity index (χ3v) is 2.44. The van der Waals surface area contributed by atoms with Crippen LogP contribution in [0, 0.1) is 0 Å². The minimum atomic E-state index is -0.901. The van der Waals surface area contributed by atoms with E-state index in [1.165, 1.54) is 6.34 Å². The van der Waals surface area contributed by atoms with E-state index in [4.69, 9.17) is 16.2 Å². The Balaban J connectivity index is 2.35. The maximum Gasteiger partial charge on any atom is 0.158 e. The molecule has 0 aliphatic carbocycles. The molecule has 0 radical (unpaired) electrons. The number of methoxy groups -OCH3 is 1. The fourth-order valence-corrected chi connectivity index (χ4v) is 1.55. The topological polar surface area (TPSA) is 85.7 Å². The van der Waals surface area contributed by atoms with E-state index >= 15 is 0 Å². The minimum Gasteiger partial charge on any atom is -0.497 e. The van der Waals surface area contributed by atoms with Crippen LogP contribution in [-0.4, -0.2) is 13.4 Å². The lowest BCUT2D eigenvalue weighted by Crippen LogP contribution is -2.39. The summed E-state index contributed by atoms with van der Waals surface area (Å²) in [5, 5.41) is 2.77. The molecule has 16 heavy (non-hydrogen) atoms. The Morgan fingerprint density at radius 1 is 1.31 bits per heavy atom. The second kappa shape index (κ2) is 3.86. The smallest absolute Gasteiger partial charge is 0.158 e. The van der Waals surface area contributed by atoms with Crippen LogP contribution < -0.4 is 21.5 Å². The van der Waals surface area contributed by atoms with E-state index in [0.717, 1.165) is 11.3 Å². The summed E-state index contributed by atoms with van der Waals surface area (Å²) in [7, 11) is 1.62. The van der Waals surface area contributed by atoms with Gasteiger partial charge < -0.3 is 15.8 Å². The summed E-state index contributed by atoms with van der Waals surface area (Å²) in [5.41, 5.74) is 11.7. The molecule has 0 saturated carbocycles. The Morgan fingerprint density at radius 2 is 2.00 bits per heavy atom. The van der Waals surface area contributed by atoms with Crippen molar-refractivity contribution in [2.24, 2.45) is 16.5 Å². The van der Waals surface area contributed by atoms with Crippen LogP contribution in [0.1, 0.15) is 5.56 Å². The third-order valence-electron chi connectivity index (χ3n) is 2.44. The molecule has 0 aromatic heterocycles. The van der Waals surface area contributed by atoms with Crippen LogP contribution in [-0.2, 0) is 5.66 Å². The van der Waals surface area contributed by atoms with Gasteiger partial charge >= 0.3 is 0 Å². The van der Waals surface area contributed by atoms with Crippen LogP contribution in [0.5, 0.6) is 5.75 Å². The minimum absolute atomic E-state index is 0.494. The molecule has 1 aliphatic rings. The van der Waals surface area contributed by atoms with Gasteiger partial charge in [-0.25, -0.2) is 4.99 Å². The Bertz CT molecular complexity index is 438. The van der Waals surface area contributed by atoms with Crippen molar-refractivity contribution in [1.29, 1.82) is 0 Å². The average molecular weight is 218 g/mol. The van der Waals surface area contributed by atoms with Crippen LogP contribution in [0.4, 0.5) is 0 Å². The van der Waals surface area contributed by atoms with Crippen LogP contribution in [0.3, 0.4) is 0 Å². The number of nitrogens with two attached hydrogens (primary N) is 2. The highest BCUT2D eigenvalue weighted by atomic mass is 16.5. The van der Waals surface area contributed by atoms with Gasteiger partial charge in [-0.1, -0.05) is 12.1 Å². The van der Waals surface area contributed by atoms with Crippen LogP contribution in [0.15, 0.2) is 41.2 Å². The Labute approximate surface area is 93.8 Å². The molecule has 0 amide bonds. The van der Waals surface area contributed by atoms with Crippen molar-refractivity contribution < 1.29 is 4.74 Å². The highest BCUT2D eigenvalue weighted by Gasteiger charge is 2.25. The van der Waals surface area contributed by atoms with Crippen LogP contribution >= 0.6 is 0 Å². The van der Waals surface area contributed by atoms with Gasteiger partial charge in [0, 0.05) is 6.08 Å². The standard InChI is InChI=1S/C11H14N4O/c1-16-9-4-2-8(3-5-9)11(13)6-10(12)14-7-15-11/h2-7H,12-13H2,1H3,(H,14,15). The van der Waals surface area contributed by atoms with E-state index in [1.54, 1.807) is 13.2 Å². The summed E-state index contributed by atoms with van der Waals surface area (Å²) in [5.74, 6) is 1.27. The molecular formula is C11H14N4O. The van der Waals surface area contributed by atoms with E-state index in [2.05, 4.69) is 10.3 Å². The molecule has 2 rings (SSSR count). The number of hydrogen-bond donors (Lipinski definition) is 3. The molecular weight excluding hydrogens is 204 g/mol. The molecule has 5 N–H and O–H groups in total. The average Bonchev–Trinajstić information content (AvgIpc) is 2.29. The maximum atomic E-state index is 6.13. The maximum absolute atomic E-state index is 6.13. The fraction of sp³-hybridized carbons (Fsp3) is 0.182. The fourth-order valence-electron chi connectivity index (χ4n) is 1.55. The molecule has 0 saturated heterocycles. The first-order chi connectivity index (χ1) is 7.64. The summed E-state index contributed by atoms with van der Waals surface area (Å²) in [6.07, 6.45) is 3.17. The highest BCUT2D eigenvalue weighted by Crippen LogP contribution is 2.25. The number of nitrogens with zero attached hydrogens (tertiary/aromatic N) is 1. The van der Waals surface area contributed by atoms with E-state index in [-0.39, 0.29) is 0 Å². The lowest BCUT2D eigenvalue weighted by Gasteiger charge is -2.25. The van der Waals surface area contributed by atoms with E-state index in [0.29, 0.717) is 5.82 Å². The number of hydrogen-bond acceptors (Lipinski definition) is 5. The van der Waals surface area contributed by atoms with Crippen LogP contribution in [0.2, 0.25) is 0 Å². The van der Waals surface area contributed by atoms with Crippen molar-refractivity contribution in [2.75, 3.05) is 7.11 Å². The van der Waals surface area contributed by atoms with Crippen molar-refractivity contribution >= 4 is 6.34 Å². The molecule has 1 aromatic rings. The second-order valence-electron chi connectivity index (χ2n) is 3.56. The number of nitrogens with one attached hydrogen (secondary N) is 1. The summed E-state index contributed by atoms with van der Waals surface area (Å²) < 4.78 is 5.08. The number of benzene rings is 1. The zero-order valence-corrected chi connectivity index (χ0v) is 8.97. The largest absolute Gasteiger partial charge is 0.497 e. The number of rotatable bonds is 2. The molecule has 1 atom stereocenters. The van der Waals surface area contributed by atoms with E-state index < -0.39 is 5.66 Å². The van der Waals surface area contributed by atoms with Gasteiger partial charge in [0.25, 0.3) is 0 Å². The molecule has 1 heterocycles. The van der Waals surface area contributed by atoms with Gasteiger partial charge in [0.15, 0.2) is 5.66 Å². The summed E-state index contributed by atoms with van der Waals surface area (Å²) in [6, 6.07) is 7.41. The number of ether oxygens (including phenoxy) is 1. The summed E-state index contributed by atoms with van der Waals surface area (Å²) in [6.45, 7) is 0. The summed E-state index contributed by atoms with van der Waals surface area (Å²) in [4.78, 5) is 4.18. The van der Waals surface area contributed by atoms with E-state index in [9.17, 15) is 0 Å². The van der Waals surface area contributed by atoms with Crippen molar-refractivity contribution in [3.8, 4) is 5.75 Å². The zero-order chi connectivity index (χ0) is 11.6. The lowest BCUT2D eigenvalue weighted by atomic mass is 10.00. The molecule has 1 unspecified atom stereocenters. The van der Waals surface area contributed by atoms with Gasteiger partial charge in [-0.05, 0) is 17.7 Å². The van der Waals surface area contributed by atoms with Crippen LogP contribution in [0.25, 0.3) is 0 Å². The normalized spacial score (nSPS) is 23.5. The first kappa shape index (κ1) is 10.5. The van der Waals surface area contributed by atoms with Gasteiger partial charge in [0.05, 0.1) is 13.4 Å². The predicted molar refractivity (Wildman–Crippen MR) is 62.8 cm³/mol. The molecule has 0 spiro atoms. The number of aliphatic imine (C=N–C) groups is 1. The van der Waals surface area contributed by atoms with Crippen molar-refractivity contribution in [1.82, 2.24) is 5.32 Å². The Morgan fingerprint density at radius 3 is 2.56 bits per heavy atom. The van der Waals surface area contributed by atoms with Gasteiger partial charge in [-0.2, -0.15) is 0 Å². The molecule has 0 bridgehead atoms. The van der Waals surface area contributed by atoms with Crippen molar-refractivity contribution in [3.05, 3.63) is 41.7 Å². The molecule has 0 fully saturated rings.